The summed E-state index contributed by atoms with van der Waals surface area (Å²) in [5.41, 5.74) is 10.1. The van der Waals surface area contributed by atoms with Crippen molar-refractivity contribution in [2.45, 2.75) is 25.0 Å². The van der Waals surface area contributed by atoms with Crippen molar-refractivity contribution in [3.8, 4) is 90.5 Å². The van der Waals surface area contributed by atoms with Crippen LogP contribution in [0.2, 0.25) is 0 Å². The average molecular weight is 891 g/mol. The van der Waals surface area contributed by atoms with Gasteiger partial charge in [-0.25, -0.2) is 0 Å². The standard InChI is InChI=1S/C52H50N4O10/c1-59-31-15-27(16-32(23-31)60-2)45-39-9-10-40(53-39)46(28-17-33(61-3)24-34(18-28)62-4)42-12-14-44(55-42)48(30-21-37(65-7)26-38(22-30)66-8)50-52(58)51(57)49(56-50)47(43-13-11-41(45)54-43)29-19-35(63-5)25-36(20-29)64-6/h11-26,51-52,54-55,57-58H,9-10H2,1-8H3/t51-,52+. The van der Waals surface area contributed by atoms with Gasteiger partial charge in [0.1, 0.15) is 58.2 Å². The van der Waals surface area contributed by atoms with E-state index in [-0.39, 0.29) is 11.4 Å². The Labute approximate surface area is 381 Å². The van der Waals surface area contributed by atoms with Gasteiger partial charge in [0, 0.05) is 68.6 Å². The second-order valence-corrected chi connectivity index (χ2v) is 15.8. The fourth-order valence-corrected chi connectivity index (χ4v) is 8.86. The molecule has 66 heavy (non-hydrogen) atoms. The Kier molecular flexibility index (Phi) is 11.9. The zero-order chi connectivity index (χ0) is 46.2. The highest BCUT2D eigenvalue weighted by atomic mass is 16.5. The molecule has 2 aliphatic rings. The number of hydrogen-bond donors (Lipinski definition) is 4. The van der Waals surface area contributed by atoms with Crippen LogP contribution in [0.3, 0.4) is 0 Å². The molecule has 4 aromatic carbocycles. The number of nitrogens with one attached hydrogen (secondary N) is 2. The molecule has 14 heteroatoms. The maximum Gasteiger partial charge on any atom is 0.128 e. The molecule has 5 heterocycles. The lowest BCUT2D eigenvalue weighted by molar-refractivity contribution is 0.0260. The van der Waals surface area contributed by atoms with E-state index in [0.29, 0.717) is 92.1 Å². The second-order valence-electron chi connectivity index (χ2n) is 15.8. The molecule has 14 nitrogen and oxygen atoms in total. The van der Waals surface area contributed by atoms with Crippen LogP contribution in [0.25, 0.3) is 66.6 Å². The first kappa shape index (κ1) is 43.6. The van der Waals surface area contributed by atoms with Crippen molar-refractivity contribution >= 4 is 22.1 Å². The van der Waals surface area contributed by atoms with Crippen LogP contribution in [-0.2, 0) is 12.8 Å². The molecule has 338 valence electrons. The van der Waals surface area contributed by atoms with Crippen LogP contribution in [0.5, 0.6) is 46.0 Å². The summed E-state index contributed by atoms with van der Waals surface area (Å²) in [6, 6.07) is 30.2. The minimum Gasteiger partial charge on any atom is -0.497 e. The maximum absolute atomic E-state index is 12.4. The highest BCUT2D eigenvalue weighted by molar-refractivity contribution is 5.93. The molecule has 2 atom stereocenters. The Morgan fingerprint density at radius 2 is 0.606 bits per heavy atom. The fourth-order valence-electron chi connectivity index (χ4n) is 8.86. The number of rotatable bonds is 12. The summed E-state index contributed by atoms with van der Waals surface area (Å²) < 4.78 is 46.1. The Morgan fingerprint density at radius 3 is 0.864 bits per heavy atom. The molecular formula is C52H50N4O10. The molecule has 0 saturated carbocycles. The van der Waals surface area contributed by atoms with E-state index in [1.54, 1.807) is 69.0 Å². The van der Waals surface area contributed by atoms with Gasteiger partial charge in [0.05, 0.1) is 79.7 Å². The van der Waals surface area contributed by atoms with Crippen LogP contribution >= 0.6 is 0 Å². The normalized spacial score (nSPS) is 14.4. The smallest absolute Gasteiger partial charge is 0.128 e. The SMILES string of the molecule is COc1cc(OC)cc(-c2c3nc(c(-c4cc(OC)cc(OC)c4)c4ccc([nH]4)c(-c4cc(OC)cc(OC)c4)c4nc(c(-c5cc(OC)cc(OC)c5)c5ccc2[nH]5)[C@@H](O)[C@H]4O)CC3)c1. The molecule has 0 aliphatic carbocycles. The molecule has 0 spiro atoms. The van der Waals surface area contributed by atoms with Gasteiger partial charge in [0.15, 0.2) is 0 Å². The first-order chi connectivity index (χ1) is 32.1. The average Bonchev–Trinajstić information content (AvgIpc) is 4.19. The van der Waals surface area contributed by atoms with Gasteiger partial charge in [-0.1, -0.05) is 0 Å². The quantitative estimate of drug-likeness (QED) is 0.0917. The van der Waals surface area contributed by atoms with Gasteiger partial charge in [-0.3, -0.25) is 9.97 Å². The van der Waals surface area contributed by atoms with Gasteiger partial charge in [0.25, 0.3) is 0 Å². The third-order valence-electron chi connectivity index (χ3n) is 12.1. The van der Waals surface area contributed by atoms with Crippen molar-refractivity contribution in [3.63, 3.8) is 0 Å². The highest BCUT2D eigenvalue weighted by Crippen LogP contribution is 2.47. The molecule has 8 bridgehead atoms. The Bertz CT molecular complexity index is 2860. The van der Waals surface area contributed by atoms with Crippen molar-refractivity contribution in [3.05, 3.63) is 120 Å². The summed E-state index contributed by atoms with van der Waals surface area (Å²) in [5.74, 6) is 4.47. The van der Waals surface area contributed by atoms with E-state index in [0.717, 1.165) is 44.7 Å². The number of fused-ring (bicyclic) bond motifs is 8. The van der Waals surface area contributed by atoms with E-state index >= 15 is 0 Å². The number of aliphatic hydroxyl groups is 2. The van der Waals surface area contributed by atoms with Crippen LogP contribution in [-0.4, -0.2) is 87.0 Å². The lowest BCUT2D eigenvalue weighted by atomic mass is 9.97. The molecule has 0 saturated heterocycles. The third kappa shape index (κ3) is 7.94. The molecule has 9 rings (SSSR count). The monoisotopic (exact) mass is 890 g/mol. The van der Waals surface area contributed by atoms with Crippen LogP contribution < -0.4 is 37.9 Å². The molecular weight excluding hydrogens is 841 g/mol. The molecule has 4 N–H and O–H groups in total. The lowest BCUT2D eigenvalue weighted by Crippen LogP contribution is -2.05. The van der Waals surface area contributed by atoms with Crippen molar-refractivity contribution < 1.29 is 48.1 Å². The number of ether oxygens (including phenoxy) is 8. The van der Waals surface area contributed by atoms with Crippen LogP contribution in [0, 0.1) is 0 Å². The van der Waals surface area contributed by atoms with Gasteiger partial charge in [-0.05, 0) is 108 Å². The number of methoxy groups -OCH3 is 8. The topological polar surface area (TPSA) is 172 Å². The first-order valence-electron chi connectivity index (χ1n) is 21.2. The van der Waals surface area contributed by atoms with E-state index in [2.05, 4.69) is 9.97 Å². The molecule has 0 radical (unpaired) electrons. The number of aliphatic hydroxyl groups excluding tert-OH is 2. The predicted molar refractivity (Wildman–Crippen MR) is 252 cm³/mol. The van der Waals surface area contributed by atoms with Crippen molar-refractivity contribution in [2.75, 3.05) is 56.9 Å². The van der Waals surface area contributed by atoms with Crippen molar-refractivity contribution in [1.29, 1.82) is 0 Å². The summed E-state index contributed by atoms with van der Waals surface area (Å²) in [7, 11) is 12.8. The maximum atomic E-state index is 12.4. The second kappa shape index (κ2) is 18.1. The molecule has 7 aromatic rings. The number of aryl methyl sites for hydroxylation is 2. The van der Waals surface area contributed by atoms with E-state index in [4.69, 9.17) is 47.9 Å². The van der Waals surface area contributed by atoms with E-state index < -0.39 is 12.2 Å². The number of aromatic nitrogens is 4. The van der Waals surface area contributed by atoms with E-state index in [9.17, 15) is 10.2 Å². The summed E-state index contributed by atoms with van der Waals surface area (Å²) in [5, 5.41) is 24.7. The fraction of sp³-hybridized carbons (Fsp3) is 0.231. The first-order valence-corrected chi connectivity index (χ1v) is 21.2. The van der Waals surface area contributed by atoms with Gasteiger partial charge >= 0.3 is 0 Å². The lowest BCUT2D eigenvalue weighted by Gasteiger charge is -2.15. The minimum atomic E-state index is -1.49. The van der Waals surface area contributed by atoms with Crippen LogP contribution in [0.15, 0.2) is 97.1 Å². The van der Waals surface area contributed by atoms with Crippen molar-refractivity contribution in [1.82, 2.24) is 19.9 Å². The third-order valence-corrected chi connectivity index (χ3v) is 12.1. The summed E-state index contributed by atoms with van der Waals surface area (Å²) in [4.78, 5) is 18.1. The zero-order valence-electron chi connectivity index (χ0n) is 37.9. The Hall–Kier alpha value is -7.68. The Balaban J connectivity index is 1.52. The minimum absolute atomic E-state index is 0.210. The molecule has 0 fully saturated rings. The number of nitrogens with zero attached hydrogens (tertiary/aromatic N) is 2. The van der Waals surface area contributed by atoms with Gasteiger partial charge in [-0.15, -0.1) is 0 Å². The summed E-state index contributed by atoms with van der Waals surface area (Å²) in [6.07, 6.45) is -1.81. The van der Waals surface area contributed by atoms with Crippen LogP contribution in [0.1, 0.15) is 35.0 Å². The molecule has 3 aromatic heterocycles. The largest absolute Gasteiger partial charge is 0.497 e. The molecule has 2 aliphatic heterocycles. The van der Waals surface area contributed by atoms with Gasteiger partial charge in [-0.2, -0.15) is 0 Å². The molecule has 0 unspecified atom stereocenters. The van der Waals surface area contributed by atoms with Crippen molar-refractivity contribution in [2.24, 2.45) is 0 Å². The van der Waals surface area contributed by atoms with E-state index in [1.165, 1.54) is 0 Å². The highest BCUT2D eigenvalue weighted by Gasteiger charge is 2.35. The summed E-state index contributed by atoms with van der Waals surface area (Å²) >= 11 is 0. The number of aromatic amines is 2. The van der Waals surface area contributed by atoms with E-state index in [1.807, 2.05) is 84.9 Å². The van der Waals surface area contributed by atoms with Gasteiger partial charge < -0.3 is 58.1 Å². The number of H-pyrrole nitrogens is 2. The summed E-state index contributed by atoms with van der Waals surface area (Å²) in [6.45, 7) is 0. The molecule has 0 amide bonds. The predicted octanol–water partition coefficient (Wildman–Crippen LogP) is 9.60. The van der Waals surface area contributed by atoms with Crippen LogP contribution in [0.4, 0.5) is 0 Å². The van der Waals surface area contributed by atoms with Gasteiger partial charge in [0.2, 0.25) is 0 Å². The number of hydrogen-bond acceptors (Lipinski definition) is 12. The Morgan fingerprint density at radius 1 is 0.364 bits per heavy atom. The zero-order valence-corrected chi connectivity index (χ0v) is 37.9. The number of benzene rings is 4.